The van der Waals surface area contributed by atoms with E-state index in [2.05, 4.69) is 41.2 Å². The van der Waals surface area contributed by atoms with Crippen LogP contribution < -0.4 is 37.5 Å². The van der Waals surface area contributed by atoms with Gasteiger partial charge in [-0.05, 0) is 114 Å². The Morgan fingerprint density at radius 1 is 0.800 bits per heavy atom. The van der Waals surface area contributed by atoms with Crippen molar-refractivity contribution in [1.82, 2.24) is 40.8 Å². The molecule has 4 aromatic heterocycles. The number of halogens is 3. The number of hydrogen-bond donors (Lipinski definition) is 6. The van der Waals surface area contributed by atoms with Crippen LogP contribution in [0.15, 0.2) is 110 Å². The number of benzene rings is 3. The summed E-state index contributed by atoms with van der Waals surface area (Å²) in [7, 11) is 4.25. The van der Waals surface area contributed by atoms with Gasteiger partial charge in [0.1, 0.15) is 18.7 Å². The van der Waals surface area contributed by atoms with E-state index in [-0.39, 0.29) is 54.4 Å². The van der Waals surface area contributed by atoms with Crippen LogP contribution in [-0.2, 0) is 41.9 Å². The van der Waals surface area contributed by atoms with Crippen LogP contribution in [0, 0.1) is 25.2 Å². The number of nitriles is 1. The van der Waals surface area contributed by atoms with E-state index >= 15 is 0 Å². The number of nitrogen functional groups attached to an aromatic ring is 2. The molecular formula is C60H59ClF2N12O8S2. The number of nitrogens with zero attached hydrogens (tertiary/aromatic N) is 6. The number of pyridine rings is 4. The van der Waals surface area contributed by atoms with Gasteiger partial charge in [0, 0.05) is 89.9 Å². The first-order chi connectivity index (χ1) is 40.8. The minimum absolute atomic E-state index is 0.0231. The molecular weight excluding hydrogens is 1150 g/mol. The summed E-state index contributed by atoms with van der Waals surface area (Å²) in [5.41, 5.74) is 22.3. The molecule has 1 aliphatic heterocycles. The molecule has 0 spiro atoms. The highest BCUT2D eigenvalue weighted by atomic mass is 35.5. The van der Waals surface area contributed by atoms with Crippen molar-refractivity contribution < 1.29 is 47.0 Å². The molecule has 2 atom stereocenters. The fraction of sp³-hybridized carbons (Fsp3) is 0.283. The second-order valence-corrected chi connectivity index (χ2v) is 22.9. The van der Waals surface area contributed by atoms with Crippen LogP contribution in [0.3, 0.4) is 0 Å². The van der Waals surface area contributed by atoms with Crippen molar-refractivity contribution in [2.24, 2.45) is 0 Å². The number of fused-ring (bicyclic) bond motifs is 1. The van der Waals surface area contributed by atoms with Crippen LogP contribution in [0.1, 0.15) is 65.0 Å². The Kier molecular flexibility index (Phi) is 20.9. The number of ether oxygens (including phenoxy) is 2. The summed E-state index contributed by atoms with van der Waals surface area (Å²) >= 11 is 6.21. The fourth-order valence-electron chi connectivity index (χ4n) is 9.03. The summed E-state index contributed by atoms with van der Waals surface area (Å²) in [6, 6.07) is 25.2. The smallest absolute Gasteiger partial charge is 0.306 e. The van der Waals surface area contributed by atoms with Crippen molar-refractivity contribution in [3.8, 4) is 45.3 Å². The molecule has 25 heteroatoms. The molecule has 8 rings (SSSR count). The van der Waals surface area contributed by atoms with Crippen LogP contribution in [0.25, 0.3) is 44.3 Å². The number of nitrogens with one attached hydrogen (secondary N) is 4. The van der Waals surface area contributed by atoms with E-state index in [1.807, 2.05) is 80.6 Å². The summed E-state index contributed by atoms with van der Waals surface area (Å²) in [4.78, 5) is 97.0. The average molecular weight is 1210 g/mol. The lowest BCUT2D eigenvalue weighted by atomic mass is 9.98. The zero-order valence-electron chi connectivity index (χ0n) is 46.4. The minimum Gasteiger partial charge on any atom is -0.480 e. The van der Waals surface area contributed by atoms with Crippen LogP contribution in [0.2, 0.25) is 5.02 Å². The highest BCUT2D eigenvalue weighted by Crippen LogP contribution is 2.35. The highest BCUT2D eigenvalue weighted by molar-refractivity contribution is 8.76. The number of aryl methyl sites for hydroxylation is 2. The summed E-state index contributed by atoms with van der Waals surface area (Å²) in [6.07, 6.45) is 5.54. The molecule has 20 nitrogen and oxygen atoms in total. The predicted octanol–water partition coefficient (Wildman–Crippen LogP) is 8.78. The summed E-state index contributed by atoms with van der Waals surface area (Å²) in [5, 5.41) is 20.7. The van der Waals surface area contributed by atoms with Gasteiger partial charge in [0.2, 0.25) is 29.5 Å². The van der Waals surface area contributed by atoms with Gasteiger partial charge in [0.15, 0.2) is 0 Å². The van der Waals surface area contributed by atoms with E-state index in [0.29, 0.717) is 45.7 Å². The maximum Gasteiger partial charge on any atom is 0.306 e. The highest BCUT2D eigenvalue weighted by Gasteiger charge is 2.47. The first-order valence-electron chi connectivity index (χ1n) is 26.7. The zero-order valence-corrected chi connectivity index (χ0v) is 48.8. The third kappa shape index (κ3) is 16.7. The summed E-state index contributed by atoms with van der Waals surface area (Å²) in [6.45, 7) is 1.95. The molecule has 8 N–H and O–H groups in total. The minimum atomic E-state index is -3.23. The van der Waals surface area contributed by atoms with E-state index in [4.69, 9.17) is 32.5 Å². The molecule has 1 fully saturated rings. The van der Waals surface area contributed by atoms with Crippen molar-refractivity contribution in [2.45, 2.75) is 77.1 Å². The molecule has 0 radical (unpaired) electrons. The number of carbonyl (C=O) groups is 6. The molecule has 5 amide bonds. The Labute approximate surface area is 501 Å². The Morgan fingerprint density at radius 3 is 2.25 bits per heavy atom. The first kappa shape index (κ1) is 62.1. The molecule has 1 aliphatic rings. The molecule has 7 aromatic rings. The summed E-state index contributed by atoms with van der Waals surface area (Å²) < 4.78 is 38.5. The predicted molar refractivity (Wildman–Crippen MR) is 323 cm³/mol. The van der Waals surface area contributed by atoms with Crippen LogP contribution in [0.5, 0.6) is 5.88 Å². The number of amides is 5. The molecule has 85 heavy (non-hydrogen) atoms. The Balaban J connectivity index is 0.808. The van der Waals surface area contributed by atoms with Crippen LogP contribution in [0.4, 0.5) is 25.8 Å². The van der Waals surface area contributed by atoms with Gasteiger partial charge in [-0.15, -0.1) is 0 Å². The van der Waals surface area contributed by atoms with Gasteiger partial charge < -0.3 is 47.1 Å². The Morgan fingerprint density at radius 2 is 1.52 bits per heavy atom. The maximum absolute atomic E-state index is 13.9. The second kappa shape index (κ2) is 28.6. The monoisotopic (exact) mass is 1210 g/mol. The molecule has 440 valence electrons. The van der Waals surface area contributed by atoms with E-state index in [1.165, 1.54) is 34.8 Å². The average Bonchev–Trinajstić information content (AvgIpc) is 3.08. The number of carbonyl (C=O) groups excluding carboxylic acids is 6. The first-order valence-corrected chi connectivity index (χ1v) is 29.5. The van der Waals surface area contributed by atoms with Crippen molar-refractivity contribution in [3.05, 3.63) is 143 Å². The van der Waals surface area contributed by atoms with Gasteiger partial charge in [-0.2, -0.15) is 5.26 Å². The van der Waals surface area contributed by atoms with Gasteiger partial charge >= 0.3 is 5.97 Å². The molecule has 0 bridgehead atoms. The van der Waals surface area contributed by atoms with Gasteiger partial charge in [-0.1, -0.05) is 57.5 Å². The number of esters is 1. The Hall–Kier alpha value is -8.92. The summed E-state index contributed by atoms with van der Waals surface area (Å²) in [5.74, 6) is -5.95. The molecule has 0 aliphatic carbocycles. The number of hydrogen-bond acceptors (Lipinski definition) is 17. The lowest BCUT2D eigenvalue weighted by Crippen LogP contribution is -2.45. The lowest BCUT2D eigenvalue weighted by Gasteiger charge is -2.19. The van der Waals surface area contributed by atoms with Gasteiger partial charge in [-0.25, -0.2) is 13.8 Å². The topological polar surface area (TPSA) is 300 Å². The molecule has 0 saturated carbocycles. The van der Waals surface area contributed by atoms with Crippen molar-refractivity contribution in [1.29, 1.82) is 5.26 Å². The van der Waals surface area contributed by atoms with E-state index in [0.717, 1.165) is 61.6 Å². The van der Waals surface area contributed by atoms with E-state index in [9.17, 15) is 42.8 Å². The third-order valence-electron chi connectivity index (χ3n) is 13.7. The van der Waals surface area contributed by atoms with Gasteiger partial charge in [0.05, 0.1) is 66.0 Å². The van der Waals surface area contributed by atoms with Crippen molar-refractivity contribution >= 4 is 96.7 Å². The van der Waals surface area contributed by atoms with Gasteiger partial charge in [-0.3, -0.25) is 43.7 Å². The molecule has 1 unspecified atom stereocenters. The van der Waals surface area contributed by atoms with E-state index < -0.39 is 73.0 Å². The number of alkyl halides is 2. The normalized spacial score (nSPS) is 13.8. The fourth-order valence-corrected chi connectivity index (χ4v) is 11.5. The van der Waals surface area contributed by atoms with Crippen molar-refractivity contribution in [3.63, 3.8) is 0 Å². The number of likely N-dealkylation sites (tertiary alicyclic amines) is 1. The number of anilines is 3. The number of nitrogens with two attached hydrogens (primary N) is 2. The zero-order chi connectivity index (χ0) is 60.8. The lowest BCUT2D eigenvalue weighted by molar-refractivity contribution is -0.145. The maximum atomic E-state index is 13.9. The van der Waals surface area contributed by atoms with Crippen LogP contribution in [-0.4, -0.2) is 110 Å². The largest absolute Gasteiger partial charge is 0.480 e. The molecule has 5 heterocycles. The number of aromatic nitrogens is 4. The van der Waals surface area contributed by atoms with Gasteiger partial charge in [0.25, 0.3) is 11.8 Å². The number of rotatable bonds is 24. The Bertz CT molecular complexity index is 3710. The molecule has 3 aromatic carbocycles. The second-order valence-electron chi connectivity index (χ2n) is 19.9. The third-order valence-corrected chi connectivity index (χ3v) is 16.5. The quantitative estimate of drug-likeness (QED) is 0.0143. The van der Waals surface area contributed by atoms with Crippen molar-refractivity contribution in [2.75, 3.05) is 48.5 Å². The molecule has 1 saturated heterocycles. The SMILES string of the molecule is COc1ncc(-c2ccc3nccc(-c4ccc(COC(=O)CCCSSCC(NC(=O)CCC(=O)NCc5cc(C(=O)NCC(=O)N6CC(F)(F)C[C@H]6C#N)c(Cl)cn5)C(=O)Nc5ccc(-c6ccc(N)c(C)c6)cc5C)nc4)c3c2)cc1N. The standard InChI is InChI=1S/C60H59ClF2N12O8S2/c1-34-19-36(7-11-48(34)65)37-8-12-50(35(2)20-37)74-58(81)52(73-54(77)15-14-53(76)70-28-42-23-46(47(61)29-69-42)57(80)71-30-55(78)75-33-60(62,63)24-43(75)25-64)32-85-84-18-4-5-56(79)83-31-41-10-6-39(26-68-41)44-16-17-67-51-13-9-38(21-45(44)51)40-22-49(66)59(82-3)72-27-40/h6-13,16-17,19-23,26-27,29,43,52H,4-5,14-15,18,24,28,30-33,65-66H2,1-3H3,(H,70,76)(H,71,80)(H,73,77)(H,74,81)/t43-,52?/m0/s1. The van der Waals surface area contributed by atoms with Crippen LogP contribution >= 0.6 is 33.2 Å². The number of methoxy groups -OCH3 is 1. The van der Waals surface area contributed by atoms with E-state index in [1.54, 1.807) is 36.8 Å².